The Labute approximate surface area is 124 Å². The molecule has 0 aromatic heterocycles. The van der Waals surface area contributed by atoms with E-state index in [0.29, 0.717) is 11.8 Å². The molecule has 3 rings (SSSR count). The second-order valence-electron chi connectivity index (χ2n) is 6.18. The van der Waals surface area contributed by atoms with Crippen molar-refractivity contribution in [3.63, 3.8) is 0 Å². The molecule has 4 heteroatoms. The van der Waals surface area contributed by atoms with Gasteiger partial charge in [0, 0.05) is 31.6 Å². The van der Waals surface area contributed by atoms with Gasteiger partial charge < -0.3 is 10.2 Å². The molecule has 4 nitrogen and oxygen atoms in total. The first-order valence-electron chi connectivity index (χ1n) is 7.52. The molecule has 1 heterocycles. The second-order valence-corrected chi connectivity index (χ2v) is 6.18. The summed E-state index contributed by atoms with van der Waals surface area (Å²) in [6.45, 7) is 2.98. The monoisotopic (exact) mass is 287 g/mol. The summed E-state index contributed by atoms with van der Waals surface area (Å²) >= 11 is 0. The first-order valence-corrected chi connectivity index (χ1v) is 7.52. The first kappa shape index (κ1) is 14.3. The summed E-state index contributed by atoms with van der Waals surface area (Å²) in [6.07, 6.45) is 4.76. The molecule has 21 heavy (non-hydrogen) atoms. The number of carboxylic acid groups (broad SMARTS) is 1. The zero-order valence-electron chi connectivity index (χ0n) is 12.0. The van der Waals surface area contributed by atoms with Gasteiger partial charge in [0.15, 0.2) is 0 Å². The van der Waals surface area contributed by atoms with Crippen molar-refractivity contribution < 1.29 is 15.0 Å². The number of aliphatic hydroxyl groups is 1. The first-order chi connectivity index (χ1) is 10.1. The zero-order chi connectivity index (χ0) is 14.8. The largest absolute Gasteiger partial charge is 0.478 e. The van der Waals surface area contributed by atoms with Crippen molar-refractivity contribution >= 4 is 12.0 Å². The average molecular weight is 287 g/mol. The Morgan fingerprint density at radius 3 is 2.67 bits per heavy atom. The van der Waals surface area contributed by atoms with Crippen molar-refractivity contribution in [1.29, 1.82) is 0 Å². The normalized spacial score (nSPS) is 29.1. The van der Waals surface area contributed by atoms with Crippen LogP contribution < -0.4 is 0 Å². The van der Waals surface area contributed by atoms with E-state index in [-0.39, 0.29) is 6.10 Å². The molecule has 112 valence electrons. The number of benzene rings is 1. The number of fused-ring (bicyclic) bond motifs is 1. The number of nitrogens with zero attached hydrogens (tertiary/aromatic N) is 1. The Balaban J connectivity index is 1.58. The third-order valence-corrected chi connectivity index (χ3v) is 4.70. The molecule has 1 aromatic rings. The van der Waals surface area contributed by atoms with E-state index in [9.17, 15) is 9.90 Å². The number of hydrogen-bond donors (Lipinski definition) is 2. The van der Waals surface area contributed by atoms with Gasteiger partial charge in [-0.25, -0.2) is 4.79 Å². The Bertz CT molecular complexity index is 537. The minimum atomic E-state index is -0.929. The van der Waals surface area contributed by atoms with Crippen LogP contribution in [0.15, 0.2) is 30.3 Å². The van der Waals surface area contributed by atoms with Crippen molar-refractivity contribution in [3.05, 3.63) is 41.5 Å². The van der Waals surface area contributed by atoms with E-state index in [0.717, 1.165) is 44.1 Å². The predicted octanol–water partition coefficient (Wildman–Crippen LogP) is 1.99. The molecule has 2 N–H and O–H groups in total. The maximum Gasteiger partial charge on any atom is 0.328 e. The molecule has 1 saturated carbocycles. The number of rotatable bonds is 4. The minimum Gasteiger partial charge on any atom is -0.478 e. The summed E-state index contributed by atoms with van der Waals surface area (Å²) < 4.78 is 0. The van der Waals surface area contributed by atoms with Gasteiger partial charge in [-0.3, -0.25) is 4.90 Å². The van der Waals surface area contributed by atoms with Crippen LogP contribution in [0.4, 0.5) is 0 Å². The lowest BCUT2D eigenvalue weighted by Crippen LogP contribution is -2.24. The van der Waals surface area contributed by atoms with E-state index in [1.54, 1.807) is 6.08 Å². The molecular formula is C17H21NO3. The molecule has 3 atom stereocenters. The highest BCUT2D eigenvalue weighted by Crippen LogP contribution is 2.38. The van der Waals surface area contributed by atoms with Crippen LogP contribution >= 0.6 is 0 Å². The molecule has 2 aliphatic rings. The third kappa shape index (κ3) is 3.34. The van der Waals surface area contributed by atoms with Gasteiger partial charge in [0.05, 0.1) is 6.10 Å². The summed E-state index contributed by atoms with van der Waals surface area (Å²) in [5.41, 5.74) is 2.13. The lowest BCUT2D eigenvalue weighted by Gasteiger charge is -2.18. The molecule has 3 unspecified atom stereocenters. The van der Waals surface area contributed by atoms with Crippen LogP contribution in [0.5, 0.6) is 0 Å². The van der Waals surface area contributed by atoms with Crippen molar-refractivity contribution in [2.24, 2.45) is 11.8 Å². The Morgan fingerprint density at radius 2 is 2.00 bits per heavy atom. The van der Waals surface area contributed by atoms with Gasteiger partial charge in [-0.05, 0) is 36.0 Å². The quantitative estimate of drug-likeness (QED) is 0.831. The number of carbonyl (C=O) groups is 1. The smallest absolute Gasteiger partial charge is 0.328 e. The average Bonchev–Trinajstić information content (AvgIpc) is 3.00. The fourth-order valence-corrected chi connectivity index (χ4v) is 3.62. The lowest BCUT2D eigenvalue weighted by atomic mass is 10.00. The van der Waals surface area contributed by atoms with E-state index in [2.05, 4.69) is 4.90 Å². The van der Waals surface area contributed by atoms with Gasteiger partial charge in [-0.1, -0.05) is 24.3 Å². The molecule has 1 saturated heterocycles. The van der Waals surface area contributed by atoms with Crippen molar-refractivity contribution in [2.45, 2.75) is 25.5 Å². The highest BCUT2D eigenvalue weighted by molar-refractivity contribution is 5.85. The van der Waals surface area contributed by atoms with Crippen LogP contribution in [0.1, 0.15) is 24.0 Å². The molecule has 0 spiro atoms. The number of likely N-dealkylation sites (tertiary alicyclic amines) is 1. The number of carboxylic acids is 1. The molecule has 1 aliphatic carbocycles. The van der Waals surface area contributed by atoms with Crippen LogP contribution in [0.25, 0.3) is 6.08 Å². The summed E-state index contributed by atoms with van der Waals surface area (Å²) in [4.78, 5) is 12.9. The van der Waals surface area contributed by atoms with Crippen LogP contribution in [-0.4, -0.2) is 40.3 Å². The molecule has 0 amide bonds. The van der Waals surface area contributed by atoms with Gasteiger partial charge >= 0.3 is 5.97 Å². The SMILES string of the molecule is O=C(O)/C=C/c1ccc(CN2CC3CCC(O)C3C2)cc1. The van der Waals surface area contributed by atoms with E-state index >= 15 is 0 Å². The molecule has 0 radical (unpaired) electrons. The highest BCUT2D eigenvalue weighted by atomic mass is 16.4. The maximum absolute atomic E-state index is 10.5. The van der Waals surface area contributed by atoms with E-state index in [4.69, 9.17) is 5.11 Å². The van der Waals surface area contributed by atoms with E-state index in [1.807, 2.05) is 24.3 Å². The van der Waals surface area contributed by atoms with Crippen molar-refractivity contribution in [2.75, 3.05) is 13.1 Å². The summed E-state index contributed by atoms with van der Waals surface area (Å²) in [7, 11) is 0. The van der Waals surface area contributed by atoms with Crippen LogP contribution in [0.2, 0.25) is 0 Å². The standard InChI is InChI=1S/C17H21NO3/c19-16-7-6-14-10-18(11-15(14)16)9-13-3-1-12(2-4-13)5-8-17(20)21/h1-5,8,14-16,19H,6-7,9-11H2,(H,20,21)/b8-5+. The number of aliphatic hydroxyl groups excluding tert-OH is 1. The highest BCUT2D eigenvalue weighted by Gasteiger charge is 2.41. The summed E-state index contributed by atoms with van der Waals surface area (Å²) in [5.74, 6) is 0.196. The molecule has 2 fully saturated rings. The zero-order valence-corrected chi connectivity index (χ0v) is 12.0. The summed E-state index contributed by atoms with van der Waals surface area (Å²) in [6, 6.07) is 7.99. The fraction of sp³-hybridized carbons (Fsp3) is 0.471. The van der Waals surface area contributed by atoms with Gasteiger partial charge in [-0.15, -0.1) is 0 Å². The van der Waals surface area contributed by atoms with Crippen LogP contribution in [0.3, 0.4) is 0 Å². The topological polar surface area (TPSA) is 60.8 Å². The van der Waals surface area contributed by atoms with Crippen LogP contribution in [0, 0.1) is 11.8 Å². The number of aliphatic carboxylic acids is 1. The predicted molar refractivity (Wildman–Crippen MR) is 80.6 cm³/mol. The van der Waals surface area contributed by atoms with Crippen LogP contribution in [-0.2, 0) is 11.3 Å². The second kappa shape index (κ2) is 6.00. The Hall–Kier alpha value is -1.65. The van der Waals surface area contributed by atoms with Crippen molar-refractivity contribution in [1.82, 2.24) is 4.90 Å². The molecule has 1 aromatic carbocycles. The lowest BCUT2D eigenvalue weighted by molar-refractivity contribution is -0.131. The minimum absolute atomic E-state index is 0.108. The molecular weight excluding hydrogens is 266 g/mol. The third-order valence-electron chi connectivity index (χ3n) is 4.70. The molecule has 1 aliphatic heterocycles. The Kier molecular flexibility index (Phi) is 4.08. The van der Waals surface area contributed by atoms with Gasteiger partial charge in [0.1, 0.15) is 0 Å². The van der Waals surface area contributed by atoms with E-state index < -0.39 is 5.97 Å². The Morgan fingerprint density at radius 1 is 1.24 bits per heavy atom. The van der Waals surface area contributed by atoms with E-state index in [1.165, 1.54) is 5.56 Å². The fourth-order valence-electron chi connectivity index (χ4n) is 3.62. The maximum atomic E-state index is 10.5. The van der Waals surface area contributed by atoms with Gasteiger partial charge in [0.2, 0.25) is 0 Å². The van der Waals surface area contributed by atoms with Gasteiger partial charge in [0.25, 0.3) is 0 Å². The van der Waals surface area contributed by atoms with Crippen molar-refractivity contribution in [3.8, 4) is 0 Å². The van der Waals surface area contributed by atoms with Gasteiger partial charge in [-0.2, -0.15) is 0 Å². The summed E-state index contributed by atoms with van der Waals surface area (Å²) in [5, 5.41) is 18.5. The number of hydrogen-bond acceptors (Lipinski definition) is 3. The molecule has 0 bridgehead atoms.